The van der Waals surface area contributed by atoms with Crippen molar-refractivity contribution in [2.24, 2.45) is 0 Å². The van der Waals surface area contributed by atoms with E-state index < -0.39 is 11.7 Å². The fourth-order valence-electron chi connectivity index (χ4n) is 3.04. The standard InChI is InChI=1S/C25H33N3O6/c1-25(2,3)34-24(31)26-13-12-22(29)27-16-18-8-6-7-9-19(18)28-23(30)15-17-10-11-20(32-4)21(14-17)33-5/h6-11,14H,12-13,15-16H2,1-5H3,(H,26,31)(H,27,29)(H,28,30). The van der Waals surface area contributed by atoms with Crippen molar-refractivity contribution in [3.05, 3.63) is 53.6 Å². The maximum atomic E-state index is 12.6. The van der Waals surface area contributed by atoms with Crippen molar-refractivity contribution in [2.75, 3.05) is 26.1 Å². The molecule has 0 fully saturated rings. The summed E-state index contributed by atoms with van der Waals surface area (Å²) in [5, 5.41) is 8.24. The zero-order chi connectivity index (χ0) is 25.1. The molecule has 0 aliphatic carbocycles. The molecule has 2 rings (SSSR count). The minimum atomic E-state index is -0.597. The van der Waals surface area contributed by atoms with Crippen LogP contribution >= 0.6 is 0 Å². The summed E-state index contributed by atoms with van der Waals surface area (Å²) in [6.07, 6.45) is -0.312. The highest BCUT2D eigenvalue weighted by Crippen LogP contribution is 2.28. The minimum absolute atomic E-state index is 0.104. The van der Waals surface area contributed by atoms with Gasteiger partial charge in [-0.3, -0.25) is 9.59 Å². The molecule has 9 nitrogen and oxygen atoms in total. The number of carbonyl (C=O) groups excluding carboxylic acids is 3. The molecular weight excluding hydrogens is 438 g/mol. The molecule has 0 unspecified atom stereocenters. The summed E-state index contributed by atoms with van der Waals surface area (Å²) in [5.41, 5.74) is 1.55. The molecule has 34 heavy (non-hydrogen) atoms. The quantitative estimate of drug-likeness (QED) is 0.489. The van der Waals surface area contributed by atoms with Gasteiger partial charge in [-0.05, 0) is 50.1 Å². The number of hydrogen-bond acceptors (Lipinski definition) is 6. The van der Waals surface area contributed by atoms with E-state index in [9.17, 15) is 14.4 Å². The summed E-state index contributed by atoms with van der Waals surface area (Å²) in [6, 6.07) is 12.6. The number of benzene rings is 2. The van der Waals surface area contributed by atoms with Gasteiger partial charge >= 0.3 is 6.09 Å². The molecule has 0 atom stereocenters. The second-order valence-electron chi connectivity index (χ2n) is 8.53. The predicted molar refractivity (Wildman–Crippen MR) is 129 cm³/mol. The molecule has 3 N–H and O–H groups in total. The van der Waals surface area contributed by atoms with Gasteiger partial charge in [0.25, 0.3) is 0 Å². The third-order valence-corrected chi connectivity index (χ3v) is 4.60. The van der Waals surface area contributed by atoms with Crippen LogP contribution in [0.25, 0.3) is 0 Å². The van der Waals surface area contributed by atoms with Crippen LogP contribution in [0.15, 0.2) is 42.5 Å². The highest BCUT2D eigenvalue weighted by Gasteiger charge is 2.16. The number of methoxy groups -OCH3 is 2. The molecule has 0 aliphatic rings. The molecule has 0 radical (unpaired) electrons. The van der Waals surface area contributed by atoms with Crippen LogP contribution in [0, 0.1) is 0 Å². The van der Waals surface area contributed by atoms with E-state index in [1.165, 1.54) is 0 Å². The van der Waals surface area contributed by atoms with Gasteiger partial charge in [0.15, 0.2) is 11.5 Å². The van der Waals surface area contributed by atoms with Crippen LogP contribution < -0.4 is 25.4 Å². The highest BCUT2D eigenvalue weighted by molar-refractivity contribution is 5.93. The molecule has 0 heterocycles. The lowest BCUT2D eigenvalue weighted by Gasteiger charge is -2.19. The summed E-state index contributed by atoms with van der Waals surface area (Å²) < 4.78 is 15.6. The fraction of sp³-hybridized carbons (Fsp3) is 0.400. The highest BCUT2D eigenvalue weighted by atomic mass is 16.6. The van der Waals surface area contributed by atoms with Crippen LogP contribution in [0.4, 0.5) is 10.5 Å². The number of rotatable bonds is 10. The van der Waals surface area contributed by atoms with Gasteiger partial charge in [0.2, 0.25) is 11.8 Å². The molecule has 2 aromatic rings. The molecule has 2 aromatic carbocycles. The molecule has 0 aliphatic heterocycles. The normalized spacial score (nSPS) is 10.7. The third-order valence-electron chi connectivity index (χ3n) is 4.60. The number of ether oxygens (including phenoxy) is 3. The Labute approximate surface area is 200 Å². The lowest BCUT2D eigenvalue weighted by molar-refractivity contribution is -0.121. The second kappa shape index (κ2) is 12.5. The first-order valence-electron chi connectivity index (χ1n) is 10.9. The van der Waals surface area contributed by atoms with Crippen molar-refractivity contribution < 1.29 is 28.6 Å². The lowest BCUT2D eigenvalue weighted by Crippen LogP contribution is -2.35. The third kappa shape index (κ3) is 9.01. The summed E-state index contributed by atoms with van der Waals surface area (Å²) in [5.74, 6) is 0.709. The van der Waals surface area contributed by atoms with E-state index in [0.29, 0.717) is 17.2 Å². The summed E-state index contributed by atoms with van der Waals surface area (Å²) in [4.78, 5) is 36.4. The van der Waals surface area contributed by atoms with Crippen molar-refractivity contribution in [1.29, 1.82) is 0 Å². The maximum Gasteiger partial charge on any atom is 0.407 e. The Bertz CT molecular complexity index is 1000. The van der Waals surface area contributed by atoms with Crippen LogP contribution in [0.3, 0.4) is 0 Å². The average molecular weight is 472 g/mol. The fourth-order valence-corrected chi connectivity index (χ4v) is 3.04. The van der Waals surface area contributed by atoms with Crippen molar-refractivity contribution in [1.82, 2.24) is 10.6 Å². The van der Waals surface area contributed by atoms with E-state index in [4.69, 9.17) is 14.2 Å². The number of para-hydroxylation sites is 1. The molecule has 0 saturated carbocycles. The first kappa shape index (κ1) is 26.5. The van der Waals surface area contributed by atoms with Crippen molar-refractivity contribution in [3.8, 4) is 11.5 Å². The molecular formula is C25H33N3O6. The predicted octanol–water partition coefficient (Wildman–Crippen LogP) is 3.42. The van der Waals surface area contributed by atoms with Crippen molar-refractivity contribution in [3.63, 3.8) is 0 Å². The number of alkyl carbamates (subject to hydrolysis) is 1. The summed E-state index contributed by atoms with van der Waals surface area (Å²) in [6.45, 7) is 5.69. The maximum absolute atomic E-state index is 12.6. The van der Waals surface area contributed by atoms with Crippen LogP contribution in [0.5, 0.6) is 11.5 Å². The number of carbonyl (C=O) groups is 3. The summed E-state index contributed by atoms with van der Waals surface area (Å²) >= 11 is 0. The molecule has 9 heteroatoms. The van der Waals surface area contributed by atoms with Gasteiger partial charge in [-0.25, -0.2) is 4.79 Å². The van der Waals surface area contributed by atoms with E-state index >= 15 is 0 Å². The van der Waals surface area contributed by atoms with Crippen LogP contribution in [-0.4, -0.2) is 44.3 Å². The van der Waals surface area contributed by atoms with Gasteiger partial charge < -0.3 is 30.2 Å². The lowest BCUT2D eigenvalue weighted by atomic mass is 10.1. The Morgan fingerprint density at radius 2 is 1.59 bits per heavy atom. The molecule has 184 valence electrons. The van der Waals surface area contributed by atoms with Gasteiger partial charge in [-0.2, -0.15) is 0 Å². The zero-order valence-electron chi connectivity index (χ0n) is 20.3. The van der Waals surface area contributed by atoms with Crippen LogP contribution in [-0.2, 0) is 27.3 Å². The Morgan fingerprint density at radius 3 is 2.26 bits per heavy atom. The molecule has 0 bridgehead atoms. The smallest absolute Gasteiger partial charge is 0.407 e. The Hall–Kier alpha value is -3.75. The zero-order valence-corrected chi connectivity index (χ0v) is 20.3. The van der Waals surface area contributed by atoms with E-state index in [0.717, 1.165) is 11.1 Å². The SMILES string of the molecule is COc1ccc(CC(=O)Nc2ccccc2CNC(=O)CCNC(=O)OC(C)(C)C)cc1OC. The van der Waals surface area contributed by atoms with Gasteiger partial charge in [-0.1, -0.05) is 24.3 Å². The number of anilines is 1. The molecule has 3 amide bonds. The minimum Gasteiger partial charge on any atom is -0.493 e. The van der Waals surface area contributed by atoms with Gasteiger partial charge in [0.1, 0.15) is 5.60 Å². The largest absolute Gasteiger partial charge is 0.493 e. The van der Waals surface area contributed by atoms with Gasteiger partial charge in [0.05, 0.1) is 20.6 Å². The molecule has 0 aromatic heterocycles. The van der Waals surface area contributed by atoms with E-state index in [1.807, 2.05) is 18.2 Å². The van der Waals surface area contributed by atoms with Crippen LogP contribution in [0.2, 0.25) is 0 Å². The molecule has 0 saturated heterocycles. The van der Waals surface area contributed by atoms with Gasteiger partial charge in [-0.15, -0.1) is 0 Å². The van der Waals surface area contributed by atoms with E-state index in [1.54, 1.807) is 59.3 Å². The summed E-state index contributed by atoms with van der Waals surface area (Å²) in [7, 11) is 3.09. The topological polar surface area (TPSA) is 115 Å². The second-order valence-corrected chi connectivity index (χ2v) is 8.53. The monoisotopic (exact) mass is 471 g/mol. The molecule has 0 spiro atoms. The first-order valence-corrected chi connectivity index (χ1v) is 10.9. The number of hydrogen-bond donors (Lipinski definition) is 3. The number of amides is 3. The Morgan fingerprint density at radius 1 is 0.882 bits per heavy atom. The average Bonchev–Trinajstić information content (AvgIpc) is 2.77. The van der Waals surface area contributed by atoms with Crippen LogP contribution in [0.1, 0.15) is 38.3 Å². The van der Waals surface area contributed by atoms with Gasteiger partial charge in [0, 0.05) is 25.2 Å². The van der Waals surface area contributed by atoms with Crippen molar-refractivity contribution >= 4 is 23.6 Å². The Balaban J connectivity index is 1.86. The Kier molecular flexibility index (Phi) is 9.73. The number of nitrogens with one attached hydrogen (secondary N) is 3. The van der Waals surface area contributed by atoms with E-state index in [2.05, 4.69) is 16.0 Å². The van der Waals surface area contributed by atoms with E-state index in [-0.39, 0.29) is 37.7 Å². The van der Waals surface area contributed by atoms with Crippen molar-refractivity contribution in [2.45, 2.75) is 45.8 Å². The first-order chi connectivity index (χ1) is 16.1.